The lowest BCUT2D eigenvalue weighted by Crippen LogP contribution is -2.26. The highest BCUT2D eigenvalue weighted by molar-refractivity contribution is 6.28. The highest BCUT2D eigenvalue weighted by Gasteiger charge is 2.35. The quantitative estimate of drug-likeness (QED) is 0.759. The molecule has 88 valence electrons. The standard InChI is InChI=1S/C12H18ClN3/c1-3-12(4-2)6-8-16(9-12)10-5-7-14-11(13)15-10/h5,7H,3-4,6,8-9H2,1-2H3. The molecule has 16 heavy (non-hydrogen) atoms. The lowest BCUT2D eigenvalue weighted by molar-refractivity contribution is 0.301. The summed E-state index contributed by atoms with van der Waals surface area (Å²) in [5, 5.41) is 0.336. The van der Waals surface area contributed by atoms with Crippen molar-refractivity contribution in [1.29, 1.82) is 0 Å². The average Bonchev–Trinajstić information content (AvgIpc) is 2.74. The molecular formula is C12H18ClN3. The van der Waals surface area contributed by atoms with E-state index in [1.165, 1.54) is 19.3 Å². The minimum atomic E-state index is 0.336. The van der Waals surface area contributed by atoms with Crippen LogP contribution in [-0.2, 0) is 0 Å². The van der Waals surface area contributed by atoms with Crippen LogP contribution in [0.3, 0.4) is 0 Å². The molecule has 1 aromatic rings. The van der Waals surface area contributed by atoms with Gasteiger partial charge in [-0.2, -0.15) is 0 Å². The molecule has 2 rings (SSSR count). The molecule has 0 saturated carbocycles. The van der Waals surface area contributed by atoms with Gasteiger partial charge in [0.25, 0.3) is 0 Å². The number of halogens is 1. The first kappa shape index (κ1) is 11.6. The van der Waals surface area contributed by atoms with E-state index in [-0.39, 0.29) is 0 Å². The molecule has 0 radical (unpaired) electrons. The van der Waals surface area contributed by atoms with Crippen molar-refractivity contribution in [3.63, 3.8) is 0 Å². The maximum atomic E-state index is 5.81. The Kier molecular flexibility index (Phi) is 3.33. The van der Waals surface area contributed by atoms with Crippen molar-refractivity contribution in [2.75, 3.05) is 18.0 Å². The normalized spacial score (nSPS) is 19.1. The van der Waals surface area contributed by atoms with Crippen molar-refractivity contribution in [2.24, 2.45) is 5.41 Å². The predicted molar refractivity (Wildman–Crippen MR) is 66.9 cm³/mol. The molecule has 1 saturated heterocycles. The molecule has 1 fully saturated rings. The van der Waals surface area contributed by atoms with E-state index in [2.05, 4.69) is 28.7 Å². The molecule has 0 spiro atoms. The summed E-state index contributed by atoms with van der Waals surface area (Å²) in [6.07, 6.45) is 5.45. The molecular weight excluding hydrogens is 222 g/mol. The number of hydrogen-bond acceptors (Lipinski definition) is 3. The highest BCUT2D eigenvalue weighted by atomic mass is 35.5. The van der Waals surface area contributed by atoms with E-state index in [0.717, 1.165) is 18.9 Å². The molecule has 0 N–H and O–H groups in total. The van der Waals surface area contributed by atoms with Crippen LogP contribution >= 0.6 is 11.6 Å². The summed E-state index contributed by atoms with van der Waals surface area (Å²) in [7, 11) is 0. The van der Waals surface area contributed by atoms with Crippen molar-refractivity contribution in [2.45, 2.75) is 33.1 Å². The van der Waals surface area contributed by atoms with Gasteiger partial charge in [0.05, 0.1) is 0 Å². The number of nitrogens with zero attached hydrogens (tertiary/aromatic N) is 3. The van der Waals surface area contributed by atoms with Gasteiger partial charge in [-0.25, -0.2) is 9.97 Å². The van der Waals surface area contributed by atoms with E-state index in [0.29, 0.717) is 10.7 Å². The molecule has 0 aliphatic carbocycles. The van der Waals surface area contributed by atoms with E-state index < -0.39 is 0 Å². The zero-order chi connectivity index (χ0) is 11.6. The Bertz CT molecular complexity index is 363. The van der Waals surface area contributed by atoms with Crippen LogP contribution in [0.4, 0.5) is 5.82 Å². The maximum absolute atomic E-state index is 5.81. The van der Waals surface area contributed by atoms with Gasteiger partial charge < -0.3 is 4.90 Å². The summed E-state index contributed by atoms with van der Waals surface area (Å²) in [4.78, 5) is 10.5. The lowest BCUT2D eigenvalue weighted by atomic mass is 9.82. The molecule has 0 aromatic carbocycles. The Morgan fingerprint density at radius 2 is 2.19 bits per heavy atom. The maximum Gasteiger partial charge on any atom is 0.224 e. The van der Waals surface area contributed by atoms with Crippen LogP contribution in [0.1, 0.15) is 33.1 Å². The van der Waals surface area contributed by atoms with Crippen molar-refractivity contribution in [1.82, 2.24) is 9.97 Å². The minimum absolute atomic E-state index is 0.336. The SMILES string of the molecule is CCC1(CC)CCN(c2ccnc(Cl)n2)C1. The fraction of sp³-hybridized carbons (Fsp3) is 0.667. The second-order valence-electron chi connectivity index (χ2n) is 4.56. The van der Waals surface area contributed by atoms with Crippen molar-refractivity contribution < 1.29 is 0 Å². The topological polar surface area (TPSA) is 29.0 Å². The van der Waals surface area contributed by atoms with Gasteiger partial charge in [0, 0.05) is 19.3 Å². The van der Waals surface area contributed by atoms with Crippen LogP contribution in [0.2, 0.25) is 5.28 Å². The summed E-state index contributed by atoms with van der Waals surface area (Å²) in [6.45, 7) is 6.72. The van der Waals surface area contributed by atoms with Gasteiger partial charge in [-0.05, 0) is 42.3 Å². The summed E-state index contributed by atoms with van der Waals surface area (Å²) in [5.74, 6) is 0.962. The summed E-state index contributed by atoms with van der Waals surface area (Å²) >= 11 is 5.81. The second-order valence-corrected chi connectivity index (χ2v) is 4.90. The Balaban J connectivity index is 2.14. The van der Waals surface area contributed by atoms with Gasteiger partial charge in [-0.3, -0.25) is 0 Å². The fourth-order valence-corrected chi connectivity index (χ4v) is 2.60. The van der Waals surface area contributed by atoms with E-state index in [9.17, 15) is 0 Å². The molecule has 0 atom stereocenters. The van der Waals surface area contributed by atoms with Gasteiger partial charge >= 0.3 is 0 Å². The first-order valence-electron chi connectivity index (χ1n) is 5.92. The second kappa shape index (κ2) is 4.58. The monoisotopic (exact) mass is 239 g/mol. The fourth-order valence-electron chi connectivity index (χ4n) is 2.46. The third-order valence-corrected chi connectivity index (χ3v) is 4.06. The molecule has 3 nitrogen and oxygen atoms in total. The Morgan fingerprint density at radius 3 is 2.75 bits per heavy atom. The number of aromatic nitrogens is 2. The van der Waals surface area contributed by atoms with Gasteiger partial charge in [-0.1, -0.05) is 13.8 Å². The largest absolute Gasteiger partial charge is 0.356 e. The minimum Gasteiger partial charge on any atom is -0.356 e. The molecule has 0 unspecified atom stereocenters. The van der Waals surface area contributed by atoms with Gasteiger partial charge in [0.1, 0.15) is 5.82 Å². The van der Waals surface area contributed by atoms with Crippen LogP contribution in [0.5, 0.6) is 0 Å². The summed E-state index contributed by atoms with van der Waals surface area (Å²) in [5.41, 5.74) is 0.470. The third kappa shape index (κ3) is 2.14. The first-order chi connectivity index (χ1) is 7.69. The van der Waals surface area contributed by atoms with Crippen LogP contribution < -0.4 is 4.90 Å². The lowest BCUT2D eigenvalue weighted by Gasteiger charge is -2.26. The van der Waals surface area contributed by atoms with E-state index in [4.69, 9.17) is 11.6 Å². The van der Waals surface area contributed by atoms with Crippen molar-refractivity contribution >= 4 is 17.4 Å². The summed E-state index contributed by atoms with van der Waals surface area (Å²) in [6, 6.07) is 1.94. The molecule has 1 aromatic heterocycles. The predicted octanol–water partition coefficient (Wildman–Crippen LogP) is 3.15. The molecule has 1 aliphatic heterocycles. The Labute approximate surface area is 102 Å². The van der Waals surface area contributed by atoms with Crippen LogP contribution in [0.25, 0.3) is 0 Å². The van der Waals surface area contributed by atoms with E-state index in [1.54, 1.807) is 6.20 Å². The number of hydrogen-bond donors (Lipinski definition) is 0. The average molecular weight is 240 g/mol. The van der Waals surface area contributed by atoms with Crippen molar-refractivity contribution in [3.8, 4) is 0 Å². The molecule has 4 heteroatoms. The Hall–Kier alpha value is -0.830. The van der Waals surface area contributed by atoms with Gasteiger partial charge in [0.2, 0.25) is 5.28 Å². The highest BCUT2D eigenvalue weighted by Crippen LogP contribution is 2.38. The van der Waals surface area contributed by atoms with E-state index >= 15 is 0 Å². The Morgan fingerprint density at radius 1 is 1.44 bits per heavy atom. The molecule has 0 amide bonds. The number of anilines is 1. The number of rotatable bonds is 3. The van der Waals surface area contributed by atoms with E-state index in [1.807, 2.05) is 6.07 Å². The third-order valence-electron chi connectivity index (χ3n) is 3.87. The zero-order valence-corrected chi connectivity index (χ0v) is 10.7. The molecule has 2 heterocycles. The van der Waals surface area contributed by atoms with Crippen LogP contribution in [0.15, 0.2) is 12.3 Å². The van der Waals surface area contributed by atoms with Crippen LogP contribution in [0, 0.1) is 5.41 Å². The van der Waals surface area contributed by atoms with Crippen molar-refractivity contribution in [3.05, 3.63) is 17.5 Å². The molecule has 1 aliphatic rings. The molecule has 0 bridgehead atoms. The van der Waals surface area contributed by atoms with Gasteiger partial charge in [-0.15, -0.1) is 0 Å². The smallest absolute Gasteiger partial charge is 0.224 e. The van der Waals surface area contributed by atoms with Gasteiger partial charge in [0.15, 0.2) is 0 Å². The first-order valence-corrected chi connectivity index (χ1v) is 6.30. The van der Waals surface area contributed by atoms with Crippen LogP contribution in [-0.4, -0.2) is 23.1 Å². The summed E-state index contributed by atoms with van der Waals surface area (Å²) < 4.78 is 0. The zero-order valence-electron chi connectivity index (χ0n) is 9.91.